The number of aliphatic hydroxyl groups excluding tert-OH is 1. The van der Waals surface area contributed by atoms with Crippen molar-refractivity contribution in [1.82, 2.24) is 0 Å². The Kier molecular flexibility index (Phi) is 4.56. The van der Waals surface area contributed by atoms with Crippen LogP contribution >= 0.6 is 0 Å². The van der Waals surface area contributed by atoms with Crippen molar-refractivity contribution < 1.29 is 24.9 Å². The quantitative estimate of drug-likeness (QED) is 0.688. The lowest BCUT2D eigenvalue weighted by Crippen LogP contribution is -2.02. The molecule has 0 aromatic heterocycles. The Bertz CT molecular complexity index is 493. The van der Waals surface area contributed by atoms with Crippen LogP contribution in [0.3, 0.4) is 0 Å². The van der Waals surface area contributed by atoms with E-state index in [1.165, 1.54) is 24.4 Å². The number of hydrogen-bond acceptors (Lipinski definition) is 4. The third-order valence-electron chi connectivity index (χ3n) is 2.15. The summed E-state index contributed by atoms with van der Waals surface area (Å²) in [6.45, 7) is 1.57. The van der Waals surface area contributed by atoms with Gasteiger partial charge in [0.1, 0.15) is 0 Å². The van der Waals surface area contributed by atoms with Gasteiger partial charge in [-0.1, -0.05) is 0 Å². The molecule has 96 valence electrons. The molecule has 1 rings (SSSR count). The Hall–Kier alpha value is -2.21. The van der Waals surface area contributed by atoms with Gasteiger partial charge >= 0.3 is 11.9 Å². The van der Waals surface area contributed by atoms with Crippen LogP contribution in [0, 0.1) is 0 Å². The highest BCUT2D eigenvalue weighted by molar-refractivity contribution is 5.97. The van der Waals surface area contributed by atoms with Gasteiger partial charge in [0, 0.05) is 12.6 Å². The molecular weight excluding hydrogens is 238 g/mol. The number of aliphatic hydroxyl groups is 1. The zero-order valence-electron chi connectivity index (χ0n) is 9.70. The molecule has 1 atom stereocenters. The van der Waals surface area contributed by atoms with Crippen molar-refractivity contribution in [2.24, 2.45) is 4.99 Å². The molecule has 0 aliphatic rings. The summed E-state index contributed by atoms with van der Waals surface area (Å²) >= 11 is 0. The summed E-state index contributed by atoms with van der Waals surface area (Å²) in [4.78, 5) is 25.6. The average molecular weight is 251 g/mol. The first-order valence-corrected chi connectivity index (χ1v) is 5.23. The van der Waals surface area contributed by atoms with Gasteiger partial charge in [-0.3, -0.25) is 4.99 Å². The minimum Gasteiger partial charge on any atom is -0.478 e. The van der Waals surface area contributed by atoms with Gasteiger partial charge in [0.15, 0.2) is 0 Å². The maximum Gasteiger partial charge on any atom is 0.337 e. The Morgan fingerprint density at radius 2 is 2.00 bits per heavy atom. The van der Waals surface area contributed by atoms with E-state index in [9.17, 15) is 9.59 Å². The highest BCUT2D eigenvalue weighted by Crippen LogP contribution is 2.21. The number of nitrogens with zero attached hydrogens (tertiary/aromatic N) is 1. The monoisotopic (exact) mass is 251 g/mol. The third-order valence-corrected chi connectivity index (χ3v) is 2.15. The zero-order valence-corrected chi connectivity index (χ0v) is 9.70. The third kappa shape index (κ3) is 3.67. The van der Waals surface area contributed by atoms with Gasteiger partial charge in [0.05, 0.1) is 22.9 Å². The SMILES string of the molecule is CC(O)CC=Nc1cc(C(=O)O)ccc1C(=O)O. The van der Waals surface area contributed by atoms with Crippen LogP contribution in [-0.4, -0.2) is 39.6 Å². The summed E-state index contributed by atoms with van der Waals surface area (Å²) in [6, 6.07) is 3.59. The number of carboxylic acids is 2. The molecule has 6 heteroatoms. The second-order valence-electron chi connectivity index (χ2n) is 3.74. The Morgan fingerprint density at radius 1 is 1.33 bits per heavy atom. The van der Waals surface area contributed by atoms with Crippen molar-refractivity contribution >= 4 is 23.8 Å². The smallest absolute Gasteiger partial charge is 0.337 e. The topological polar surface area (TPSA) is 107 Å². The molecule has 0 saturated carbocycles. The summed E-state index contributed by atoms with van der Waals surface area (Å²) in [5.41, 5.74) is -0.0610. The van der Waals surface area contributed by atoms with E-state index in [1.54, 1.807) is 6.92 Å². The van der Waals surface area contributed by atoms with Crippen molar-refractivity contribution in [3.05, 3.63) is 29.3 Å². The zero-order chi connectivity index (χ0) is 13.7. The van der Waals surface area contributed by atoms with E-state index in [-0.39, 0.29) is 23.2 Å². The fourth-order valence-corrected chi connectivity index (χ4v) is 1.26. The van der Waals surface area contributed by atoms with Crippen molar-refractivity contribution in [1.29, 1.82) is 0 Å². The van der Waals surface area contributed by atoms with E-state index in [2.05, 4.69) is 4.99 Å². The second-order valence-corrected chi connectivity index (χ2v) is 3.74. The van der Waals surface area contributed by atoms with Gasteiger partial charge in [-0.15, -0.1) is 0 Å². The molecule has 0 spiro atoms. The first-order valence-electron chi connectivity index (χ1n) is 5.23. The first kappa shape index (κ1) is 13.9. The highest BCUT2D eigenvalue weighted by atomic mass is 16.4. The fraction of sp³-hybridized carbons (Fsp3) is 0.250. The van der Waals surface area contributed by atoms with Crippen LogP contribution in [0.15, 0.2) is 23.2 Å². The Morgan fingerprint density at radius 3 is 2.50 bits per heavy atom. The highest BCUT2D eigenvalue weighted by Gasteiger charge is 2.12. The molecule has 6 nitrogen and oxygen atoms in total. The molecule has 1 aromatic carbocycles. The van der Waals surface area contributed by atoms with Crippen molar-refractivity contribution in [2.75, 3.05) is 0 Å². The van der Waals surface area contributed by atoms with Crippen molar-refractivity contribution in [3.63, 3.8) is 0 Å². The van der Waals surface area contributed by atoms with E-state index < -0.39 is 18.0 Å². The Balaban J connectivity index is 3.11. The molecule has 1 aromatic rings. The first-order chi connectivity index (χ1) is 8.41. The van der Waals surface area contributed by atoms with Crippen molar-refractivity contribution in [2.45, 2.75) is 19.4 Å². The maximum absolute atomic E-state index is 10.9. The predicted octanol–water partition coefficient (Wildman–Crippen LogP) is 1.56. The average Bonchev–Trinajstić information content (AvgIpc) is 2.27. The lowest BCUT2D eigenvalue weighted by molar-refractivity contribution is 0.0682. The number of aromatic carboxylic acids is 2. The molecule has 3 N–H and O–H groups in total. The van der Waals surface area contributed by atoms with Gasteiger partial charge in [-0.2, -0.15) is 0 Å². The van der Waals surface area contributed by atoms with Gasteiger partial charge in [-0.25, -0.2) is 9.59 Å². The largest absolute Gasteiger partial charge is 0.478 e. The number of aliphatic imine (C=N–C) groups is 1. The second kappa shape index (κ2) is 5.92. The molecule has 0 heterocycles. The van der Waals surface area contributed by atoms with Crippen LogP contribution in [-0.2, 0) is 0 Å². The normalized spacial score (nSPS) is 12.6. The summed E-state index contributed by atoms with van der Waals surface area (Å²) in [6.07, 6.45) is 1.03. The van der Waals surface area contributed by atoms with Crippen LogP contribution in [0.2, 0.25) is 0 Å². The van der Waals surface area contributed by atoms with Crippen LogP contribution in [0.25, 0.3) is 0 Å². The summed E-state index contributed by atoms with van der Waals surface area (Å²) in [5, 5.41) is 26.8. The minimum absolute atomic E-state index is 0.0378. The molecule has 0 fully saturated rings. The molecule has 18 heavy (non-hydrogen) atoms. The number of benzene rings is 1. The molecule has 0 bridgehead atoms. The summed E-state index contributed by atoms with van der Waals surface area (Å²) in [7, 11) is 0. The van der Waals surface area contributed by atoms with E-state index in [0.29, 0.717) is 0 Å². The molecule has 0 amide bonds. The molecular formula is C12H13NO5. The van der Waals surface area contributed by atoms with E-state index >= 15 is 0 Å². The minimum atomic E-state index is -1.18. The number of carbonyl (C=O) groups is 2. The standard InChI is InChI=1S/C12H13NO5/c1-7(14)4-5-13-10-6-8(11(15)16)2-3-9(10)12(17)18/h2-3,5-7,14H,4H2,1H3,(H,15,16)(H,17,18). The number of carboxylic acid groups (broad SMARTS) is 2. The van der Waals surface area contributed by atoms with E-state index in [4.69, 9.17) is 15.3 Å². The summed E-state index contributed by atoms with van der Waals surface area (Å²) in [5.74, 6) is -2.34. The predicted molar refractivity (Wildman–Crippen MR) is 64.8 cm³/mol. The van der Waals surface area contributed by atoms with Crippen LogP contribution in [0.1, 0.15) is 34.1 Å². The number of hydrogen-bond donors (Lipinski definition) is 3. The van der Waals surface area contributed by atoms with Gasteiger partial charge in [0.25, 0.3) is 0 Å². The van der Waals surface area contributed by atoms with Crippen molar-refractivity contribution in [3.8, 4) is 0 Å². The van der Waals surface area contributed by atoms with Gasteiger partial charge in [0.2, 0.25) is 0 Å². The van der Waals surface area contributed by atoms with Crippen LogP contribution in [0.4, 0.5) is 5.69 Å². The lowest BCUT2D eigenvalue weighted by Gasteiger charge is -2.03. The van der Waals surface area contributed by atoms with Crippen LogP contribution in [0.5, 0.6) is 0 Å². The summed E-state index contributed by atoms with van der Waals surface area (Å²) < 4.78 is 0. The van der Waals surface area contributed by atoms with Gasteiger partial charge in [-0.05, 0) is 25.1 Å². The Labute approximate surface area is 103 Å². The maximum atomic E-state index is 10.9. The fourth-order valence-electron chi connectivity index (χ4n) is 1.26. The molecule has 0 aliphatic carbocycles. The molecule has 0 saturated heterocycles. The van der Waals surface area contributed by atoms with E-state index in [0.717, 1.165) is 0 Å². The van der Waals surface area contributed by atoms with Gasteiger partial charge < -0.3 is 15.3 Å². The lowest BCUT2D eigenvalue weighted by atomic mass is 10.1. The number of rotatable bonds is 5. The molecule has 0 aliphatic heterocycles. The molecule has 1 unspecified atom stereocenters. The molecule has 0 radical (unpaired) electrons. The van der Waals surface area contributed by atoms with Crippen LogP contribution < -0.4 is 0 Å². The van der Waals surface area contributed by atoms with E-state index in [1.807, 2.05) is 0 Å².